The van der Waals surface area contributed by atoms with Crippen molar-refractivity contribution in [2.24, 2.45) is 0 Å². The molecule has 0 saturated heterocycles. The van der Waals surface area contributed by atoms with Crippen molar-refractivity contribution in [2.75, 3.05) is 5.75 Å². The molecule has 0 spiro atoms. The van der Waals surface area contributed by atoms with Gasteiger partial charge in [0.2, 0.25) is 0 Å². The minimum absolute atomic E-state index is 0.116. The highest BCUT2D eigenvalue weighted by Crippen LogP contribution is 2.32. The summed E-state index contributed by atoms with van der Waals surface area (Å²) in [4.78, 5) is 11.2. The van der Waals surface area contributed by atoms with E-state index in [0.29, 0.717) is 10.6 Å². The topological polar surface area (TPSA) is 43.1 Å². The third kappa shape index (κ3) is 4.16. The van der Waals surface area contributed by atoms with Gasteiger partial charge in [0.15, 0.2) is 0 Å². The van der Waals surface area contributed by atoms with Crippen LogP contribution in [0.15, 0.2) is 64.5 Å². The van der Waals surface area contributed by atoms with E-state index in [0.717, 1.165) is 10.0 Å². The number of hydrogen-bond acceptors (Lipinski definition) is 3. The van der Waals surface area contributed by atoms with Crippen molar-refractivity contribution < 1.29 is 4.92 Å². The number of nitro groups is 1. The Bertz CT molecular complexity index is 512. The van der Waals surface area contributed by atoms with Gasteiger partial charge in [-0.1, -0.05) is 47.3 Å². The van der Waals surface area contributed by atoms with Crippen LogP contribution >= 0.6 is 27.7 Å². The van der Waals surface area contributed by atoms with E-state index in [-0.39, 0.29) is 10.6 Å². The number of halogens is 1. The summed E-state index contributed by atoms with van der Waals surface area (Å²) < 4.78 is 0.823. The molecule has 0 aliphatic heterocycles. The first kappa shape index (κ1) is 14.7. The third-order valence-electron chi connectivity index (χ3n) is 2.11. The van der Waals surface area contributed by atoms with Gasteiger partial charge in [0.1, 0.15) is 0 Å². The van der Waals surface area contributed by atoms with E-state index in [1.807, 2.05) is 6.08 Å². The molecule has 0 fully saturated rings. The van der Waals surface area contributed by atoms with Gasteiger partial charge in [0.05, 0.1) is 9.82 Å². The number of thioether (sulfide) groups is 1. The quantitative estimate of drug-likeness (QED) is 0.328. The van der Waals surface area contributed by atoms with Crippen LogP contribution in [-0.4, -0.2) is 10.7 Å². The molecule has 0 unspecified atom stereocenters. The highest BCUT2D eigenvalue weighted by Gasteiger charge is 2.14. The molecule has 0 atom stereocenters. The Labute approximate surface area is 119 Å². The van der Waals surface area contributed by atoms with Gasteiger partial charge in [-0.2, -0.15) is 0 Å². The van der Waals surface area contributed by atoms with Crippen LogP contribution in [0.3, 0.4) is 0 Å². The van der Waals surface area contributed by atoms with Crippen molar-refractivity contribution in [2.45, 2.75) is 4.90 Å². The zero-order chi connectivity index (χ0) is 13.5. The molecule has 3 nitrogen and oxygen atoms in total. The van der Waals surface area contributed by atoms with Crippen LogP contribution in [0.2, 0.25) is 0 Å². The summed E-state index contributed by atoms with van der Waals surface area (Å²) in [5, 5.41) is 10.9. The van der Waals surface area contributed by atoms with Gasteiger partial charge in [-0.15, -0.1) is 11.8 Å². The highest BCUT2D eigenvalue weighted by molar-refractivity contribution is 9.10. The maximum atomic E-state index is 10.9. The Morgan fingerprint density at radius 3 is 2.78 bits per heavy atom. The Morgan fingerprint density at radius 1 is 1.50 bits per heavy atom. The Morgan fingerprint density at radius 2 is 2.22 bits per heavy atom. The van der Waals surface area contributed by atoms with Gasteiger partial charge >= 0.3 is 0 Å². The van der Waals surface area contributed by atoms with Crippen LogP contribution in [-0.2, 0) is 0 Å². The van der Waals surface area contributed by atoms with E-state index in [2.05, 4.69) is 29.1 Å². The number of nitrogens with zero attached hydrogens (tertiary/aromatic N) is 1. The lowest BCUT2D eigenvalue weighted by Crippen LogP contribution is -1.92. The van der Waals surface area contributed by atoms with Crippen LogP contribution in [0, 0.1) is 10.1 Å². The van der Waals surface area contributed by atoms with Gasteiger partial charge in [0, 0.05) is 16.3 Å². The zero-order valence-electron chi connectivity index (χ0n) is 9.64. The molecule has 0 N–H and O–H groups in total. The van der Waals surface area contributed by atoms with Gasteiger partial charge in [0.25, 0.3) is 5.69 Å². The fourth-order valence-corrected chi connectivity index (χ4v) is 2.79. The SMILES string of the molecule is C=C/C=C(\C=C)CSc1cc(Br)ccc1[N+](=O)[O-]. The average molecular weight is 326 g/mol. The first-order valence-corrected chi connectivity index (χ1v) is 6.87. The second kappa shape index (κ2) is 7.18. The van der Waals surface area contributed by atoms with E-state index >= 15 is 0 Å². The van der Waals surface area contributed by atoms with Gasteiger partial charge < -0.3 is 0 Å². The Balaban J connectivity index is 2.92. The van der Waals surface area contributed by atoms with E-state index in [1.165, 1.54) is 17.8 Å². The lowest BCUT2D eigenvalue weighted by Gasteiger charge is -2.04. The Hall–Kier alpha value is -1.33. The van der Waals surface area contributed by atoms with Crippen molar-refractivity contribution in [3.05, 3.63) is 69.7 Å². The van der Waals surface area contributed by atoms with E-state index < -0.39 is 0 Å². The Kier molecular flexibility index (Phi) is 5.88. The molecule has 1 aromatic rings. The summed E-state index contributed by atoms with van der Waals surface area (Å²) >= 11 is 4.72. The van der Waals surface area contributed by atoms with Crippen molar-refractivity contribution >= 4 is 33.4 Å². The summed E-state index contributed by atoms with van der Waals surface area (Å²) in [6, 6.07) is 4.91. The molecule has 94 valence electrons. The minimum atomic E-state index is -0.375. The van der Waals surface area contributed by atoms with E-state index in [4.69, 9.17) is 0 Å². The standard InChI is InChI=1S/C13H12BrNO2S/c1-3-5-10(4-2)9-18-13-8-11(14)6-7-12(13)15(16)17/h3-8H,1-2,9H2/b10-5+. The number of benzene rings is 1. The molecule has 0 aliphatic carbocycles. The predicted octanol–water partition coefficient (Wildman–Crippen LogP) is 4.75. The minimum Gasteiger partial charge on any atom is -0.258 e. The number of allylic oxidation sites excluding steroid dienone is 3. The molecular formula is C13H12BrNO2S. The molecule has 1 rings (SSSR count). The fourth-order valence-electron chi connectivity index (χ4n) is 1.24. The molecule has 0 bridgehead atoms. The molecule has 18 heavy (non-hydrogen) atoms. The van der Waals surface area contributed by atoms with Crippen molar-refractivity contribution in [3.8, 4) is 0 Å². The summed E-state index contributed by atoms with van der Waals surface area (Å²) in [6.45, 7) is 7.31. The van der Waals surface area contributed by atoms with Crippen molar-refractivity contribution in [1.82, 2.24) is 0 Å². The molecule has 0 saturated carbocycles. The molecular weight excluding hydrogens is 314 g/mol. The first-order chi connectivity index (χ1) is 8.58. The second-order valence-electron chi connectivity index (χ2n) is 3.34. The monoisotopic (exact) mass is 325 g/mol. The van der Waals surface area contributed by atoms with Crippen LogP contribution in [0.5, 0.6) is 0 Å². The summed E-state index contributed by atoms with van der Waals surface area (Å²) in [5.74, 6) is 0.618. The van der Waals surface area contributed by atoms with E-state index in [1.54, 1.807) is 24.3 Å². The predicted molar refractivity (Wildman–Crippen MR) is 80.0 cm³/mol. The smallest absolute Gasteiger partial charge is 0.258 e. The zero-order valence-corrected chi connectivity index (χ0v) is 12.0. The maximum absolute atomic E-state index is 10.9. The van der Waals surface area contributed by atoms with Crippen molar-refractivity contribution in [3.63, 3.8) is 0 Å². The lowest BCUT2D eigenvalue weighted by atomic mass is 10.3. The second-order valence-corrected chi connectivity index (χ2v) is 5.27. The number of hydrogen-bond donors (Lipinski definition) is 0. The summed E-state index contributed by atoms with van der Waals surface area (Å²) in [5.41, 5.74) is 1.09. The normalized spacial score (nSPS) is 11.1. The van der Waals surface area contributed by atoms with Gasteiger partial charge in [-0.3, -0.25) is 10.1 Å². The largest absolute Gasteiger partial charge is 0.282 e. The molecule has 1 aromatic carbocycles. The van der Waals surface area contributed by atoms with Gasteiger partial charge in [-0.25, -0.2) is 0 Å². The molecule has 0 amide bonds. The van der Waals surface area contributed by atoms with Crippen LogP contribution in [0.1, 0.15) is 0 Å². The number of nitro benzene ring substituents is 1. The molecule has 0 aromatic heterocycles. The first-order valence-electron chi connectivity index (χ1n) is 5.09. The third-order valence-corrected chi connectivity index (χ3v) is 3.72. The van der Waals surface area contributed by atoms with Crippen LogP contribution < -0.4 is 0 Å². The van der Waals surface area contributed by atoms with Crippen LogP contribution in [0.25, 0.3) is 0 Å². The maximum Gasteiger partial charge on any atom is 0.282 e. The molecule has 0 heterocycles. The highest BCUT2D eigenvalue weighted by atomic mass is 79.9. The summed E-state index contributed by atoms with van der Waals surface area (Å²) in [7, 11) is 0. The van der Waals surface area contributed by atoms with Gasteiger partial charge in [-0.05, 0) is 17.7 Å². The van der Waals surface area contributed by atoms with Crippen molar-refractivity contribution in [1.29, 1.82) is 0 Å². The lowest BCUT2D eigenvalue weighted by molar-refractivity contribution is -0.387. The molecule has 5 heteroatoms. The average Bonchev–Trinajstić information content (AvgIpc) is 2.34. The molecule has 0 aliphatic rings. The summed E-state index contributed by atoms with van der Waals surface area (Å²) in [6.07, 6.45) is 5.23. The molecule has 0 radical (unpaired) electrons. The van der Waals surface area contributed by atoms with Crippen LogP contribution in [0.4, 0.5) is 5.69 Å². The number of rotatable bonds is 6. The fraction of sp³-hybridized carbons (Fsp3) is 0.0769. The van der Waals surface area contributed by atoms with E-state index in [9.17, 15) is 10.1 Å².